The number of nitrogens with zero attached hydrogens (tertiary/aromatic N) is 1. The molecule has 7 heteroatoms. The lowest BCUT2D eigenvalue weighted by Crippen LogP contribution is -2.09. The van der Waals surface area contributed by atoms with E-state index in [1.165, 1.54) is 25.4 Å². The van der Waals surface area contributed by atoms with Gasteiger partial charge in [-0.3, -0.25) is 0 Å². The van der Waals surface area contributed by atoms with Gasteiger partial charge in [0.25, 0.3) is 0 Å². The van der Waals surface area contributed by atoms with Crippen molar-refractivity contribution in [1.29, 1.82) is 0 Å². The van der Waals surface area contributed by atoms with Gasteiger partial charge in [0.05, 0.1) is 12.7 Å². The van der Waals surface area contributed by atoms with Crippen molar-refractivity contribution >= 4 is 28.5 Å². The van der Waals surface area contributed by atoms with Crippen LogP contribution >= 0.6 is 11.6 Å². The number of hydrogen-bond acceptors (Lipinski definition) is 6. The molecule has 3 rings (SSSR count). The van der Waals surface area contributed by atoms with Crippen LogP contribution < -0.4 is 10.4 Å². The summed E-state index contributed by atoms with van der Waals surface area (Å²) in [6.07, 6.45) is 1.47. The van der Waals surface area contributed by atoms with Gasteiger partial charge in [-0.05, 0) is 24.3 Å². The number of halogens is 1. The number of pyridine rings is 1. The minimum Gasteiger partial charge on any atom is -0.497 e. The summed E-state index contributed by atoms with van der Waals surface area (Å²) < 4.78 is 15.5. The minimum absolute atomic E-state index is 0.0599. The summed E-state index contributed by atoms with van der Waals surface area (Å²) in [6.45, 7) is -0.0987. The van der Waals surface area contributed by atoms with Gasteiger partial charge < -0.3 is 13.9 Å². The number of ether oxygens (including phenoxy) is 2. The first-order valence-corrected chi connectivity index (χ1v) is 7.34. The van der Waals surface area contributed by atoms with Crippen LogP contribution in [-0.2, 0) is 11.3 Å². The Bertz CT molecular complexity index is 967. The fourth-order valence-corrected chi connectivity index (χ4v) is 2.41. The standard InChI is InChI=1S/C17H12ClNO5/c1-22-11-4-5-12-10(7-15(20)24-14(12)8-11)9-23-17(21)13-3-2-6-19-16(13)18/h2-8H,9H2,1H3. The summed E-state index contributed by atoms with van der Waals surface area (Å²) >= 11 is 5.86. The van der Waals surface area contributed by atoms with E-state index in [2.05, 4.69) is 4.98 Å². The monoisotopic (exact) mass is 345 g/mol. The molecule has 122 valence electrons. The van der Waals surface area contributed by atoms with E-state index in [1.807, 2.05) is 0 Å². The Kier molecular flexibility index (Phi) is 4.48. The first-order chi connectivity index (χ1) is 11.6. The van der Waals surface area contributed by atoms with Crippen molar-refractivity contribution < 1.29 is 18.7 Å². The molecule has 0 aliphatic heterocycles. The number of fused-ring (bicyclic) bond motifs is 1. The molecule has 0 aliphatic carbocycles. The van der Waals surface area contributed by atoms with Crippen LogP contribution in [0.15, 0.2) is 51.8 Å². The molecule has 0 saturated heterocycles. The molecule has 0 fully saturated rings. The van der Waals surface area contributed by atoms with Gasteiger partial charge >= 0.3 is 11.6 Å². The first-order valence-electron chi connectivity index (χ1n) is 6.97. The van der Waals surface area contributed by atoms with Crippen LogP contribution in [0.1, 0.15) is 15.9 Å². The third-order valence-electron chi connectivity index (χ3n) is 3.38. The van der Waals surface area contributed by atoms with Crippen LogP contribution in [0.4, 0.5) is 0 Å². The number of carbonyl (C=O) groups excluding carboxylic acids is 1. The summed E-state index contributed by atoms with van der Waals surface area (Å²) in [5.41, 5.74) is 0.499. The van der Waals surface area contributed by atoms with Gasteiger partial charge in [-0.2, -0.15) is 0 Å². The quantitative estimate of drug-likeness (QED) is 0.410. The third kappa shape index (κ3) is 3.23. The molecular weight excluding hydrogens is 334 g/mol. The molecule has 3 aromatic rings. The second-order valence-corrected chi connectivity index (χ2v) is 5.23. The fraction of sp³-hybridized carbons (Fsp3) is 0.118. The molecule has 0 amide bonds. The van der Waals surface area contributed by atoms with Crippen molar-refractivity contribution in [1.82, 2.24) is 4.98 Å². The molecule has 2 aromatic heterocycles. The summed E-state index contributed by atoms with van der Waals surface area (Å²) in [7, 11) is 1.52. The van der Waals surface area contributed by atoms with Gasteiger partial charge in [-0.15, -0.1) is 0 Å². The molecule has 24 heavy (non-hydrogen) atoms. The van der Waals surface area contributed by atoms with E-state index in [-0.39, 0.29) is 17.3 Å². The molecule has 0 saturated carbocycles. The number of carbonyl (C=O) groups is 1. The number of esters is 1. The fourth-order valence-electron chi connectivity index (χ4n) is 2.22. The Hall–Kier alpha value is -2.86. The predicted molar refractivity (Wildman–Crippen MR) is 87.4 cm³/mol. The lowest BCUT2D eigenvalue weighted by molar-refractivity contribution is 0.0473. The van der Waals surface area contributed by atoms with Crippen molar-refractivity contribution in [3.63, 3.8) is 0 Å². The van der Waals surface area contributed by atoms with E-state index in [9.17, 15) is 9.59 Å². The Labute approximate surface area is 141 Å². The van der Waals surface area contributed by atoms with E-state index >= 15 is 0 Å². The van der Waals surface area contributed by atoms with E-state index in [0.717, 1.165) is 0 Å². The molecule has 0 radical (unpaired) electrons. The second-order valence-electron chi connectivity index (χ2n) is 4.87. The van der Waals surface area contributed by atoms with E-state index in [4.69, 9.17) is 25.5 Å². The molecular formula is C17H12ClNO5. The maximum Gasteiger partial charge on any atom is 0.341 e. The summed E-state index contributed by atoms with van der Waals surface area (Å²) in [4.78, 5) is 27.6. The highest BCUT2D eigenvalue weighted by molar-refractivity contribution is 6.32. The highest BCUT2D eigenvalue weighted by atomic mass is 35.5. The second kappa shape index (κ2) is 6.72. The van der Waals surface area contributed by atoms with Crippen LogP contribution in [-0.4, -0.2) is 18.1 Å². The van der Waals surface area contributed by atoms with Gasteiger partial charge in [0.15, 0.2) is 0 Å². The van der Waals surface area contributed by atoms with Crippen LogP contribution in [0.2, 0.25) is 5.15 Å². The molecule has 2 heterocycles. The SMILES string of the molecule is COc1ccc2c(COC(=O)c3cccnc3Cl)cc(=O)oc2c1. The number of benzene rings is 1. The summed E-state index contributed by atoms with van der Waals surface area (Å²) in [6, 6.07) is 9.44. The van der Waals surface area contributed by atoms with Gasteiger partial charge in [-0.25, -0.2) is 14.6 Å². The zero-order chi connectivity index (χ0) is 17.1. The largest absolute Gasteiger partial charge is 0.497 e. The zero-order valence-corrected chi connectivity index (χ0v) is 13.4. The average Bonchev–Trinajstić information content (AvgIpc) is 2.59. The van der Waals surface area contributed by atoms with Crippen molar-refractivity contribution in [2.75, 3.05) is 7.11 Å². The van der Waals surface area contributed by atoms with E-state index in [1.54, 1.807) is 24.3 Å². The highest BCUT2D eigenvalue weighted by Gasteiger charge is 2.14. The highest BCUT2D eigenvalue weighted by Crippen LogP contribution is 2.23. The third-order valence-corrected chi connectivity index (χ3v) is 3.68. The first kappa shape index (κ1) is 16.0. The lowest BCUT2D eigenvalue weighted by Gasteiger charge is -2.08. The van der Waals surface area contributed by atoms with Crippen molar-refractivity contribution in [2.45, 2.75) is 6.61 Å². The molecule has 0 unspecified atom stereocenters. The summed E-state index contributed by atoms with van der Waals surface area (Å²) in [5.74, 6) is -0.0649. The predicted octanol–water partition coefficient (Wildman–Crippen LogP) is 3.21. The normalized spacial score (nSPS) is 10.6. The van der Waals surface area contributed by atoms with Crippen molar-refractivity contribution in [3.8, 4) is 5.75 Å². The molecule has 6 nitrogen and oxygen atoms in total. The maximum absolute atomic E-state index is 12.1. The smallest absolute Gasteiger partial charge is 0.341 e. The van der Waals surface area contributed by atoms with Crippen LogP contribution in [0, 0.1) is 0 Å². The molecule has 0 aliphatic rings. The summed E-state index contributed by atoms with van der Waals surface area (Å²) in [5, 5.41) is 0.713. The van der Waals surface area contributed by atoms with Gasteiger partial charge in [0, 0.05) is 29.3 Å². The van der Waals surface area contributed by atoms with Gasteiger partial charge in [0.2, 0.25) is 0 Å². The lowest BCUT2D eigenvalue weighted by atomic mass is 10.1. The molecule has 0 spiro atoms. The van der Waals surface area contributed by atoms with E-state index in [0.29, 0.717) is 22.3 Å². The number of hydrogen-bond donors (Lipinski definition) is 0. The molecule has 0 N–H and O–H groups in total. The van der Waals surface area contributed by atoms with Crippen molar-refractivity contribution in [3.05, 3.63) is 69.3 Å². The van der Waals surface area contributed by atoms with Gasteiger partial charge in [0.1, 0.15) is 23.1 Å². The Balaban J connectivity index is 1.89. The van der Waals surface area contributed by atoms with Crippen LogP contribution in [0.5, 0.6) is 5.75 Å². The number of rotatable bonds is 4. The Morgan fingerprint density at radius 1 is 1.29 bits per heavy atom. The van der Waals surface area contributed by atoms with Crippen molar-refractivity contribution in [2.24, 2.45) is 0 Å². The van der Waals surface area contributed by atoms with Crippen LogP contribution in [0.25, 0.3) is 11.0 Å². The number of methoxy groups -OCH3 is 1. The Morgan fingerprint density at radius 3 is 2.88 bits per heavy atom. The van der Waals surface area contributed by atoms with E-state index < -0.39 is 11.6 Å². The van der Waals surface area contributed by atoms with Gasteiger partial charge in [-0.1, -0.05) is 11.6 Å². The molecule has 1 aromatic carbocycles. The molecule has 0 bridgehead atoms. The zero-order valence-electron chi connectivity index (χ0n) is 12.6. The topological polar surface area (TPSA) is 78.6 Å². The Morgan fingerprint density at radius 2 is 2.12 bits per heavy atom. The maximum atomic E-state index is 12.1. The number of aromatic nitrogens is 1. The van der Waals surface area contributed by atoms with Crippen LogP contribution in [0.3, 0.4) is 0 Å². The average molecular weight is 346 g/mol. The molecule has 0 atom stereocenters. The minimum atomic E-state index is -0.622.